The lowest BCUT2D eigenvalue weighted by molar-refractivity contribution is -0.115. The highest BCUT2D eigenvalue weighted by molar-refractivity contribution is 7.99. The van der Waals surface area contributed by atoms with E-state index in [1.807, 2.05) is 85.8 Å². The second-order valence-corrected chi connectivity index (χ2v) is 10.4. The number of thioether (sulfide) groups is 1. The number of amides is 1. The van der Waals surface area contributed by atoms with E-state index in [9.17, 15) is 10.1 Å². The molecule has 0 fully saturated rings. The fourth-order valence-corrected chi connectivity index (χ4v) is 4.96. The zero-order valence-corrected chi connectivity index (χ0v) is 22.9. The molecule has 192 valence electrons. The van der Waals surface area contributed by atoms with E-state index in [0.29, 0.717) is 28.7 Å². The number of pyridine rings is 1. The number of carbonyl (C=O) groups excluding carboxylic acids is 1. The number of nitrogens with one attached hydrogen (secondary N) is 1. The minimum absolute atomic E-state index is 0.0710. The SMILES string of the molecule is COc1ccc(-c2cc(-c3ccc(C)cc3)c(C#N)c(SCCC(=O)Nc3ccc(C(C)C)cc3)n2)cc1. The number of nitrogens with zero attached hydrogens (tertiary/aromatic N) is 2. The summed E-state index contributed by atoms with van der Waals surface area (Å²) in [7, 11) is 1.63. The lowest BCUT2D eigenvalue weighted by Gasteiger charge is -2.13. The predicted octanol–water partition coefficient (Wildman–Crippen LogP) is 7.85. The van der Waals surface area contributed by atoms with Gasteiger partial charge >= 0.3 is 0 Å². The normalized spacial score (nSPS) is 10.7. The molecule has 0 bridgehead atoms. The maximum Gasteiger partial charge on any atom is 0.225 e. The number of methoxy groups -OCH3 is 1. The van der Waals surface area contributed by atoms with Gasteiger partial charge in [0, 0.05) is 29.0 Å². The van der Waals surface area contributed by atoms with Crippen LogP contribution in [0.2, 0.25) is 0 Å². The molecule has 1 N–H and O–H groups in total. The Morgan fingerprint density at radius 1 is 1.00 bits per heavy atom. The average Bonchev–Trinajstić information content (AvgIpc) is 2.93. The fourth-order valence-electron chi connectivity index (χ4n) is 4.02. The van der Waals surface area contributed by atoms with Crippen LogP contribution in [0.4, 0.5) is 5.69 Å². The van der Waals surface area contributed by atoms with Crippen LogP contribution >= 0.6 is 11.8 Å². The number of rotatable bonds is 9. The molecule has 4 rings (SSSR count). The molecule has 4 aromatic rings. The molecule has 1 aromatic heterocycles. The highest BCUT2D eigenvalue weighted by atomic mass is 32.2. The summed E-state index contributed by atoms with van der Waals surface area (Å²) in [5.74, 6) is 1.63. The molecule has 0 aliphatic heterocycles. The maximum absolute atomic E-state index is 12.6. The number of aryl methyl sites for hydroxylation is 1. The van der Waals surface area contributed by atoms with Gasteiger partial charge in [-0.15, -0.1) is 11.8 Å². The van der Waals surface area contributed by atoms with E-state index >= 15 is 0 Å². The van der Waals surface area contributed by atoms with Crippen molar-refractivity contribution in [2.45, 2.75) is 38.1 Å². The van der Waals surface area contributed by atoms with Crippen molar-refractivity contribution in [3.8, 4) is 34.2 Å². The van der Waals surface area contributed by atoms with Gasteiger partial charge in [-0.2, -0.15) is 5.26 Å². The Morgan fingerprint density at radius 2 is 1.66 bits per heavy atom. The lowest BCUT2D eigenvalue weighted by Crippen LogP contribution is -2.12. The van der Waals surface area contributed by atoms with Crippen LogP contribution in [0.3, 0.4) is 0 Å². The van der Waals surface area contributed by atoms with E-state index in [4.69, 9.17) is 9.72 Å². The molecule has 0 spiro atoms. The zero-order valence-electron chi connectivity index (χ0n) is 22.1. The zero-order chi connectivity index (χ0) is 27.1. The summed E-state index contributed by atoms with van der Waals surface area (Å²) in [6.07, 6.45) is 0.301. The summed E-state index contributed by atoms with van der Waals surface area (Å²) in [6.45, 7) is 6.32. The largest absolute Gasteiger partial charge is 0.497 e. The van der Waals surface area contributed by atoms with Crippen molar-refractivity contribution in [1.29, 1.82) is 5.26 Å². The summed E-state index contributed by atoms with van der Waals surface area (Å²) in [4.78, 5) is 17.5. The Morgan fingerprint density at radius 3 is 2.26 bits per heavy atom. The Balaban J connectivity index is 1.57. The lowest BCUT2D eigenvalue weighted by atomic mass is 9.98. The van der Waals surface area contributed by atoms with E-state index < -0.39 is 0 Å². The van der Waals surface area contributed by atoms with Gasteiger partial charge in [0.25, 0.3) is 0 Å². The highest BCUT2D eigenvalue weighted by Crippen LogP contribution is 2.35. The van der Waals surface area contributed by atoms with Crippen LogP contribution in [0.25, 0.3) is 22.4 Å². The first-order valence-corrected chi connectivity index (χ1v) is 13.6. The number of hydrogen-bond acceptors (Lipinski definition) is 5. The molecule has 38 heavy (non-hydrogen) atoms. The van der Waals surface area contributed by atoms with Crippen LogP contribution < -0.4 is 10.1 Å². The Hall–Kier alpha value is -4.08. The molecule has 0 saturated heterocycles. The summed E-state index contributed by atoms with van der Waals surface area (Å²) in [5.41, 5.74) is 7.14. The number of aromatic nitrogens is 1. The molecule has 0 aliphatic carbocycles. The molecule has 5 nitrogen and oxygen atoms in total. The van der Waals surface area contributed by atoms with Gasteiger partial charge in [0.1, 0.15) is 16.8 Å². The van der Waals surface area contributed by atoms with Gasteiger partial charge in [0.05, 0.1) is 18.4 Å². The predicted molar refractivity (Wildman–Crippen MR) is 156 cm³/mol. The van der Waals surface area contributed by atoms with Crippen molar-refractivity contribution in [2.24, 2.45) is 0 Å². The summed E-state index contributed by atoms with van der Waals surface area (Å²) in [6, 6.07) is 28.1. The fraction of sp³-hybridized carbons (Fsp3) is 0.219. The van der Waals surface area contributed by atoms with Crippen LogP contribution in [0.15, 0.2) is 83.9 Å². The topological polar surface area (TPSA) is 75.0 Å². The molecule has 1 amide bonds. The Bertz CT molecular complexity index is 1440. The third-order valence-electron chi connectivity index (χ3n) is 6.28. The van der Waals surface area contributed by atoms with E-state index in [2.05, 4.69) is 25.2 Å². The first kappa shape index (κ1) is 27.0. The van der Waals surface area contributed by atoms with Gasteiger partial charge in [-0.25, -0.2) is 4.98 Å². The molecule has 3 aromatic carbocycles. The highest BCUT2D eigenvalue weighted by Gasteiger charge is 2.17. The van der Waals surface area contributed by atoms with E-state index in [0.717, 1.165) is 39.4 Å². The minimum Gasteiger partial charge on any atom is -0.497 e. The third kappa shape index (κ3) is 6.62. The van der Waals surface area contributed by atoms with Gasteiger partial charge in [0.15, 0.2) is 0 Å². The van der Waals surface area contributed by atoms with Gasteiger partial charge in [-0.05, 0) is 66.4 Å². The number of nitriles is 1. The molecule has 1 heterocycles. The average molecular weight is 522 g/mol. The Labute approximate surface area is 228 Å². The summed E-state index contributed by atoms with van der Waals surface area (Å²) in [5, 5.41) is 13.7. The van der Waals surface area contributed by atoms with Gasteiger partial charge in [0.2, 0.25) is 5.91 Å². The molecule has 0 unspecified atom stereocenters. The monoisotopic (exact) mass is 521 g/mol. The number of carbonyl (C=O) groups is 1. The van der Waals surface area contributed by atoms with Crippen LogP contribution in [0, 0.1) is 18.3 Å². The van der Waals surface area contributed by atoms with Crippen molar-refractivity contribution in [3.63, 3.8) is 0 Å². The van der Waals surface area contributed by atoms with Crippen LogP contribution in [0.1, 0.15) is 42.9 Å². The Kier molecular flexibility index (Phi) is 8.83. The van der Waals surface area contributed by atoms with E-state index in [1.54, 1.807) is 7.11 Å². The minimum atomic E-state index is -0.0710. The van der Waals surface area contributed by atoms with Crippen molar-refractivity contribution >= 4 is 23.4 Å². The molecule has 0 aliphatic rings. The quantitative estimate of drug-likeness (QED) is 0.227. The van der Waals surface area contributed by atoms with Crippen molar-refractivity contribution in [1.82, 2.24) is 4.98 Å². The third-order valence-corrected chi connectivity index (χ3v) is 7.25. The first-order chi connectivity index (χ1) is 18.4. The second kappa shape index (κ2) is 12.4. The molecular formula is C32H31N3O2S. The molecule has 0 radical (unpaired) electrons. The first-order valence-electron chi connectivity index (χ1n) is 12.6. The van der Waals surface area contributed by atoms with Gasteiger partial charge in [-0.3, -0.25) is 4.79 Å². The van der Waals surface area contributed by atoms with E-state index in [1.165, 1.54) is 17.3 Å². The van der Waals surface area contributed by atoms with E-state index in [-0.39, 0.29) is 5.91 Å². The summed E-state index contributed by atoms with van der Waals surface area (Å²) >= 11 is 1.43. The van der Waals surface area contributed by atoms with Crippen LogP contribution in [-0.2, 0) is 4.79 Å². The summed E-state index contributed by atoms with van der Waals surface area (Å²) < 4.78 is 5.30. The number of hydrogen-bond donors (Lipinski definition) is 1. The molecule has 0 atom stereocenters. The van der Waals surface area contributed by atoms with Gasteiger partial charge < -0.3 is 10.1 Å². The number of benzene rings is 3. The van der Waals surface area contributed by atoms with Crippen LogP contribution in [-0.4, -0.2) is 23.8 Å². The van der Waals surface area contributed by atoms with Crippen molar-refractivity contribution in [2.75, 3.05) is 18.2 Å². The maximum atomic E-state index is 12.6. The molecule has 0 saturated carbocycles. The standard InChI is InChI=1S/C32H31N3O2S/c1-21(2)23-9-13-26(14-10-23)34-31(36)17-18-38-32-29(20-33)28(24-7-5-22(3)6-8-24)19-30(35-32)25-11-15-27(37-4)16-12-25/h5-16,19,21H,17-18H2,1-4H3,(H,34,36). The second-order valence-electron chi connectivity index (χ2n) is 9.36. The smallest absolute Gasteiger partial charge is 0.225 e. The van der Waals surface area contributed by atoms with Crippen molar-refractivity contribution < 1.29 is 9.53 Å². The number of anilines is 1. The molecule has 6 heteroatoms. The van der Waals surface area contributed by atoms with Crippen molar-refractivity contribution in [3.05, 3.63) is 95.6 Å². The van der Waals surface area contributed by atoms with Crippen LogP contribution in [0.5, 0.6) is 5.75 Å². The van der Waals surface area contributed by atoms with Gasteiger partial charge in [-0.1, -0.05) is 55.8 Å². The molecular weight excluding hydrogens is 490 g/mol. The number of ether oxygens (including phenoxy) is 1.